The summed E-state index contributed by atoms with van der Waals surface area (Å²) in [6.07, 6.45) is 0.634. The van der Waals surface area contributed by atoms with Crippen molar-refractivity contribution in [3.05, 3.63) is 29.8 Å². The standard InChI is InChI=1S/C14H20F2N2O2/c15-14(16)20-12-3-1-11(2-4-12)13(5-10-19)18-8-6-17-7-9-18/h1-4,13-14,17,19H,5-10H2/t13-/m1/s1. The van der Waals surface area contributed by atoms with Crippen molar-refractivity contribution in [1.82, 2.24) is 10.2 Å². The fraction of sp³-hybridized carbons (Fsp3) is 0.571. The van der Waals surface area contributed by atoms with E-state index < -0.39 is 6.61 Å². The summed E-state index contributed by atoms with van der Waals surface area (Å²) >= 11 is 0. The molecule has 1 aromatic rings. The Morgan fingerprint density at radius 3 is 2.40 bits per heavy atom. The minimum absolute atomic E-state index is 0.101. The molecule has 1 saturated heterocycles. The van der Waals surface area contributed by atoms with Crippen molar-refractivity contribution >= 4 is 0 Å². The summed E-state index contributed by atoms with van der Waals surface area (Å²) in [7, 11) is 0. The smallest absolute Gasteiger partial charge is 0.387 e. The molecule has 0 bridgehead atoms. The van der Waals surface area contributed by atoms with Gasteiger partial charge in [-0.3, -0.25) is 4.90 Å². The first-order valence-corrected chi connectivity index (χ1v) is 6.81. The molecule has 1 aliphatic rings. The molecule has 2 N–H and O–H groups in total. The molecule has 1 heterocycles. The lowest BCUT2D eigenvalue weighted by atomic mass is 10.0. The zero-order valence-corrected chi connectivity index (χ0v) is 11.3. The predicted octanol–water partition coefficient (Wildman–Crippen LogP) is 1.62. The van der Waals surface area contributed by atoms with Gasteiger partial charge in [-0.05, 0) is 24.1 Å². The zero-order valence-electron chi connectivity index (χ0n) is 11.3. The molecule has 2 rings (SSSR count). The van der Waals surface area contributed by atoms with Gasteiger partial charge in [0.25, 0.3) is 0 Å². The van der Waals surface area contributed by atoms with Gasteiger partial charge in [-0.25, -0.2) is 0 Å². The number of halogens is 2. The van der Waals surface area contributed by atoms with Crippen LogP contribution in [0.3, 0.4) is 0 Å². The summed E-state index contributed by atoms with van der Waals surface area (Å²) in [6, 6.07) is 6.80. The molecule has 0 amide bonds. The van der Waals surface area contributed by atoms with E-state index in [2.05, 4.69) is 15.0 Å². The molecule has 1 atom stereocenters. The molecule has 0 aliphatic carbocycles. The Labute approximate surface area is 117 Å². The van der Waals surface area contributed by atoms with Crippen LogP contribution in [0.1, 0.15) is 18.0 Å². The summed E-state index contributed by atoms with van der Waals surface area (Å²) in [5.74, 6) is 0.159. The van der Waals surface area contributed by atoms with Crippen LogP contribution in [-0.2, 0) is 0 Å². The van der Waals surface area contributed by atoms with Crippen molar-refractivity contribution < 1.29 is 18.6 Å². The predicted molar refractivity (Wildman–Crippen MR) is 72.0 cm³/mol. The molecule has 4 nitrogen and oxygen atoms in total. The van der Waals surface area contributed by atoms with E-state index in [9.17, 15) is 13.9 Å². The minimum atomic E-state index is -2.80. The van der Waals surface area contributed by atoms with Crippen LogP contribution in [0.5, 0.6) is 5.75 Å². The van der Waals surface area contributed by atoms with Crippen LogP contribution in [0.4, 0.5) is 8.78 Å². The summed E-state index contributed by atoms with van der Waals surface area (Å²) in [5.41, 5.74) is 1.02. The van der Waals surface area contributed by atoms with E-state index in [0.29, 0.717) is 6.42 Å². The number of ether oxygens (including phenoxy) is 1. The highest BCUT2D eigenvalue weighted by Gasteiger charge is 2.21. The number of aliphatic hydroxyl groups excluding tert-OH is 1. The summed E-state index contributed by atoms with van der Waals surface area (Å²) in [4.78, 5) is 2.30. The number of nitrogens with zero attached hydrogens (tertiary/aromatic N) is 1. The van der Waals surface area contributed by atoms with Gasteiger partial charge in [0.05, 0.1) is 0 Å². The SMILES string of the molecule is OCC[C@H](c1ccc(OC(F)F)cc1)N1CCNCC1. The Balaban J connectivity index is 2.07. The minimum Gasteiger partial charge on any atom is -0.435 e. The van der Waals surface area contributed by atoms with Crippen molar-refractivity contribution in [1.29, 1.82) is 0 Å². The normalized spacial score (nSPS) is 18.2. The Hall–Kier alpha value is -1.24. The van der Waals surface area contributed by atoms with E-state index in [0.717, 1.165) is 31.7 Å². The maximum Gasteiger partial charge on any atom is 0.387 e. The van der Waals surface area contributed by atoms with Crippen molar-refractivity contribution in [2.24, 2.45) is 0 Å². The van der Waals surface area contributed by atoms with Crippen molar-refractivity contribution in [3.8, 4) is 5.75 Å². The summed E-state index contributed by atoms with van der Waals surface area (Å²) in [5, 5.41) is 12.5. The molecule has 0 radical (unpaired) electrons. The van der Waals surface area contributed by atoms with Crippen LogP contribution < -0.4 is 10.1 Å². The number of benzene rings is 1. The zero-order chi connectivity index (χ0) is 14.4. The maximum atomic E-state index is 12.1. The molecule has 0 spiro atoms. The van der Waals surface area contributed by atoms with E-state index >= 15 is 0 Å². The average Bonchev–Trinajstić information content (AvgIpc) is 2.46. The second-order valence-corrected chi connectivity index (χ2v) is 4.76. The number of hydrogen-bond donors (Lipinski definition) is 2. The maximum absolute atomic E-state index is 12.1. The highest BCUT2D eigenvalue weighted by Crippen LogP contribution is 2.26. The number of rotatable bonds is 6. The summed E-state index contributed by atoms with van der Waals surface area (Å²) < 4.78 is 28.6. The Bertz CT molecular complexity index is 395. The third kappa shape index (κ3) is 4.13. The third-order valence-electron chi connectivity index (χ3n) is 3.48. The topological polar surface area (TPSA) is 44.7 Å². The quantitative estimate of drug-likeness (QED) is 0.834. The van der Waals surface area contributed by atoms with Crippen LogP contribution in [0.25, 0.3) is 0 Å². The molecular formula is C14H20F2N2O2. The fourth-order valence-corrected chi connectivity index (χ4v) is 2.55. The first-order chi connectivity index (χ1) is 9.70. The average molecular weight is 286 g/mol. The van der Waals surface area contributed by atoms with Gasteiger partial charge < -0.3 is 15.2 Å². The Kier molecular flexibility index (Phi) is 5.70. The molecule has 6 heteroatoms. The van der Waals surface area contributed by atoms with Gasteiger partial charge in [0.2, 0.25) is 0 Å². The Morgan fingerprint density at radius 2 is 1.85 bits per heavy atom. The monoisotopic (exact) mass is 286 g/mol. The number of piperazine rings is 1. The molecule has 1 fully saturated rings. The lowest BCUT2D eigenvalue weighted by Crippen LogP contribution is -2.45. The molecule has 20 heavy (non-hydrogen) atoms. The van der Waals surface area contributed by atoms with Crippen molar-refractivity contribution in [2.75, 3.05) is 32.8 Å². The van der Waals surface area contributed by atoms with Crippen molar-refractivity contribution in [3.63, 3.8) is 0 Å². The van der Waals surface area contributed by atoms with Crippen LogP contribution in [0.15, 0.2) is 24.3 Å². The highest BCUT2D eigenvalue weighted by molar-refractivity contribution is 5.29. The van der Waals surface area contributed by atoms with E-state index in [-0.39, 0.29) is 18.4 Å². The first-order valence-electron chi connectivity index (χ1n) is 6.81. The van der Waals surface area contributed by atoms with E-state index in [1.54, 1.807) is 24.3 Å². The van der Waals surface area contributed by atoms with Gasteiger partial charge in [0, 0.05) is 38.8 Å². The third-order valence-corrected chi connectivity index (χ3v) is 3.48. The first kappa shape index (κ1) is 15.2. The van der Waals surface area contributed by atoms with Crippen LogP contribution in [0, 0.1) is 0 Å². The van der Waals surface area contributed by atoms with Gasteiger partial charge >= 0.3 is 6.61 Å². The van der Waals surface area contributed by atoms with Gasteiger partial charge in [-0.1, -0.05) is 12.1 Å². The van der Waals surface area contributed by atoms with Crippen LogP contribution >= 0.6 is 0 Å². The molecular weight excluding hydrogens is 266 g/mol. The molecule has 1 aromatic carbocycles. The van der Waals surface area contributed by atoms with Gasteiger partial charge in [-0.15, -0.1) is 0 Å². The second-order valence-electron chi connectivity index (χ2n) is 4.76. The van der Waals surface area contributed by atoms with Crippen molar-refractivity contribution in [2.45, 2.75) is 19.1 Å². The van der Waals surface area contributed by atoms with Gasteiger partial charge in [-0.2, -0.15) is 8.78 Å². The molecule has 1 aliphatic heterocycles. The van der Waals surface area contributed by atoms with Gasteiger partial charge in [0.15, 0.2) is 0 Å². The highest BCUT2D eigenvalue weighted by atomic mass is 19.3. The molecule has 0 unspecified atom stereocenters. The van der Waals surface area contributed by atoms with E-state index in [1.165, 1.54) is 0 Å². The fourth-order valence-electron chi connectivity index (χ4n) is 2.55. The molecule has 112 valence electrons. The lowest BCUT2D eigenvalue weighted by molar-refractivity contribution is -0.0498. The van der Waals surface area contributed by atoms with E-state index in [4.69, 9.17) is 0 Å². The largest absolute Gasteiger partial charge is 0.435 e. The number of hydrogen-bond acceptors (Lipinski definition) is 4. The lowest BCUT2D eigenvalue weighted by Gasteiger charge is -2.35. The second kappa shape index (κ2) is 7.52. The molecule has 0 aromatic heterocycles. The number of aliphatic hydroxyl groups is 1. The van der Waals surface area contributed by atoms with E-state index in [1.807, 2.05) is 0 Å². The van der Waals surface area contributed by atoms with Gasteiger partial charge in [0.1, 0.15) is 5.75 Å². The van der Waals surface area contributed by atoms with Crippen LogP contribution in [0.2, 0.25) is 0 Å². The number of nitrogens with one attached hydrogen (secondary N) is 1. The Morgan fingerprint density at radius 1 is 1.20 bits per heavy atom. The van der Waals surface area contributed by atoms with Crippen LogP contribution in [-0.4, -0.2) is 49.4 Å². The molecule has 0 saturated carbocycles. The summed E-state index contributed by atoms with van der Waals surface area (Å²) in [6.45, 7) is 0.981. The number of alkyl halides is 2.